The number of hydrogen-bond donors (Lipinski definition) is 0. The van der Waals surface area contributed by atoms with Crippen LogP contribution in [0.4, 0.5) is 0 Å². The summed E-state index contributed by atoms with van der Waals surface area (Å²) < 4.78 is 6.37. The molecule has 23 heavy (non-hydrogen) atoms. The number of ether oxygens (including phenoxy) is 1. The Labute approximate surface area is 140 Å². The average molecular weight is 309 g/mol. The van der Waals surface area contributed by atoms with Crippen molar-refractivity contribution in [2.75, 3.05) is 13.6 Å². The van der Waals surface area contributed by atoms with Gasteiger partial charge in [0.1, 0.15) is 0 Å². The minimum atomic E-state index is 0.261. The van der Waals surface area contributed by atoms with Crippen molar-refractivity contribution in [1.29, 1.82) is 0 Å². The zero-order chi connectivity index (χ0) is 16.2. The van der Waals surface area contributed by atoms with Crippen LogP contribution in [0.3, 0.4) is 0 Å². The summed E-state index contributed by atoms with van der Waals surface area (Å²) in [5.41, 5.74) is 5.26. The lowest BCUT2D eigenvalue weighted by Crippen LogP contribution is -2.40. The molecule has 2 nitrogen and oxygen atoms in total. The quantitative estimate of drug-likeness (QED) is 0.814. The summed E-state index contributed by atoms with van der Waals surface area (Å²) in [5, 5.41) is 0. The first-order valence-corrected chi connectivity index (χ1v) is 8.57. The van der Waals surface area contributed by atoms with E-state index < -0.39 is 0 Å². The molecule has 1 aliphatic rings. The van der Waals surface area contributed by atoms with Crippen molar-refractivity contribution >= 4 is 0 Å². The van der Waals surface area contributed by atoms with Gasteiger partial charge in [-0.15, -0.1) is 0 Å². The fourth-order valence-electron chi connectivity index (χ4n) is 3.77. The number of piperidine rings is 1. The second-order valence-corrected chi connectivity index (χ2v) is 6.82. The highest BCUT2D eigenvalue weighted by Gasteiger charge is 2.31. The van der Waals surface area contributed by atoms with Crippen LogP contribution in [0.15, 0.2) is 48.5 Å². The molecule has 1 heterocycles. The normalized spacial score (nSPS) is 22.2. The van der Waals surface area contributed by atoms with Crippen LogP contribution in [0.5, 0.6) is 0 Å². The minimum absolute atomic E-state index is 0.261. The Morgan fingerprint density at radius 1 is 1.04 bits per heavy atom. The fraction of sp³-hybridized carbons (Fsp3) is 0.429. The lowest BCUT2D eigenvalue weighted by Gasteiger charge is -2.39. The van der Waals surface area contributed by atoms with Crippen LogP contribution in [0, 0.1) is 13.8 Å². The third-order valence-corrected chi connectivity index (χ3v) is 4.71. The maximum atomic E-state index is 6.37. The SMILES string of the molecule is Cc1cc(C)cc(COC2CCCN(C)C2c2ccccc2)c1. The lowest BCUT2D eigenvalue weighted by molar-refractivity contribution is -0.0445. The molecule has 0 aliphatic carbocycles. The second kappa shape index (κ2) is 7.29. The van der Waals surface area contributed by atoms with Gasteiger partial charge in [0, 0.05) is 0 Å². The van der Waals surface area contributed by atoms with Crippen molar-refractivity contribution in [1.82, 2.24) is 4.90 Å². The van der Waals surface area contributed by atoms with E-state index in [1.807, 2.05) is 0 Å². The van der Waals surface area contributed by atoms with Crippen molar-refractivity contribution in [2.45, 2.75) is 45.4 Å². The van der Waals surface area contributed by atoms with Crippen LogP contribution < -0.4 is 0 Å². The van der Waals surface area contributed by atoms with Gasteiger partial charge in [-0.05, 0) is 51.4 Å². The molecule has 2 atom stereocenters. The van der Waals surface area contributed by atoms with Crippen LogP contribution in [0.1, 0.15) is 41.1 Å². The first-order chi connectivity index (χ1) is 11.1. The van der Waals surface area contributed by atoms with Crippen LogP contribution >= 0.6 is 0 Å². The summed E-state index contributed by atoms with van der Waals surface area (Å²) in [6.07, 6.45) is 2.60. The predicted octanol–water partition coefficient (Wildman–Crippen LogP) is 4.66. The van der Waals surface area contributed by atoms with Crippen LogP contribution in [0.25, 0.3) is 0 Å². The minimum Gasteiger partial charge on any atom is -0.372 e. The molecule has 0 bridgehead atoms. The van der Waals surface area contributed by atoms with E-state index in [9.17, 15) is 0 Å². The van der Waals surface area contributed by atoms with Crippen molar-refractivity contribution in [3.8, 4) is 0 Å². The summed E-state index contributed by atoms with van der Waals surface area (Å²) in [5.74, 6) is 0. The molecule has 1 saturated heterocycles. The molecule has 0 saturated carbocycles. The number of likely N-dealkylation sites (tertiary alicyclic amines) is 1. The van der Waals surface area contributed by atoms with Gasteiger partial charge in [0.25, 0.3) is 0 Å². The Balaban J connectivity index is 1.74. The number of likely N-dealkylation sites (N-methyl/N-ethyl adjacent to an activating group) is 1. The summed E-state index contributed by atoms with van der Waals surface area (Å²) in [7, 11) is 2.21. The molecule has 2 aromatic carbocycles. The van der Waals surface area contributed by atoms with Gasteiger partial charge in [-0.3, -0.25) is 4.90 Å². The average Bonchev–Trinajstić information content (AvgIpc) is 2.53. The van der Waals surface area contributed by atoms with Gasteiger partial charge in [0.05, 0.1) is 18.8 Å². The van der Waals surface area contributed by atoms with Crippen LogP contribution in [-0.4, -0.2) is 24.6 Å². The summed E-state index contributed by atoms with van der Waals surface area (Å²) in [6, 6.07) is 17.8. The predicted molar refractivity (Wildman–Crippen MR) is 95.5 cm³/mol. The van der Waals surface area contributed by atoms with E-state index in [1.54, 1.807) is 0 Å². The Kier molecular flexibility index (Phi) is 5.14. The molecule has 1 aliphatic heterocycles. The number of rotatable bonds is 4. The van der Waals surface area contributed by atoms with Gasteiger partial charge in [-0.1, -0.05) is 59.7 Å². The van der Waals surface area contributed by atoms with Gasteiger partial charge >= 0.3 is 0 Å². The standard InChI is InChI=1S/C21H27NO/c1-16-12-17(2)14-18(13-16)15-23-20-10-7-11-22(3)21(20)19-8-5-4-6-9-19/h4-6,8-9,12-14,20-21H,7,10-11,15H2,1-3H3. The largest absolute Gasteiger partial charge is 0.372 e. The second-order valence-electron chi connectivity index (χ2n) is 6.82. The Morgan fingerprint density at radius 2 is 1.74 bits per heavy atom. The molecule has 0 radical (unpaired) electrons. The molecule has 0 N–H and O–H groups in total. The van der Waals surface area contributed by atoms with E-state index in [0.29, 0.717) is 12.6 Å². The molecular weight excluding hydrogens is 282 g/mol. The Morgan fingerprint density at radius 3 is 2.43 bits per heavy atom. The van der Waals surface area contributed by atoms with E-state index in [1.165, 1.54) is 28.7 Å². The van der Waals surface area contributed by atoms with Gasteiger partial charge in [-0.2, -0.15) is 0 Å². The number of aryl methyl sites for hydroxylation is 2. The topological polar surface area (TPSA) is 12.5 Å². The fourth-order valence-corrected chi connectivity index (χ4v) is 3.77. The molecule has 2 unspecified atom stereocenters. The van der Waals surface area contributed by atoms with Gasteiger partial charge in [-0.25, -0.2) is 0 Å². The maximum Gasteiger partial charge on any atom is 0.0776 e. The highest BCUT2D eigenvalue weighted by molar-refractivity contribution is 5.28. The van der Waals surface area contributed by atoms with Gasteiger partial charge in [0.15, 0.2) is 0 Å². The third kappa shape index (κ3) is 4.01. The van der Waals surface area contributed by atoms with E-state index in [2.05, 4.69) is 74.3 Å². The molecule has 2 aromatic rings. The van der Waals surface area contributed by atoms with Gasteiger partial charge in [0.2, 0.25) is 0 Å². The monoisotopic (exact) mass is 309 g/mol. The van der Waals surface area contributed by atoms with Crippen molar-refractivity contribution in [2.24, 2.45) is 0 Å². The van der Waals surface area contributed by atoms with Crippen molar-refractivity contribution in [3.05, 3.63) is 70.8 Å². The third-order valence-electron chi connectivity index (χ3n) is 4.71. The zero-order valence-electron chi connectivity index (χ0n) is 14.5. The molecule has 3 rings (SSSR count). The van der Waals surface area contributed by atoms with Gasteiger partial charge < -0.3 is 4.74 Å². The molecule has 0 amide bonds. The molecular formula is C21H27NO. The Bertz CT molecular complexity index is 617. The highest BCUT2D eigenvalue weighted by Crippen LogP contribution is 2.32. The van der Waals surface area contributed by atoms with E-state index >= 15 is 0 Å². The summed E-state index contributed by atoms with van der Waals surface area (Å²) in [4.78, 5) is 2.44. The van der Waals surface area contributed by atoms with E-state index in [0.717, 1.165) is 13.0 Å². The molecule has 2 heteroatoms. The summed E-state index contributed by atoms with van der Waals surface area (Å²) >= 11 is 0. The van der Waals surface area contributed by atoms with E-state index in [4.69, 9.17) is 4.74 Å². The smallest absolute Gasteiger partial charge is 0.0776 e. The number of hydrogen-bond acceptors (Lipinski definition) is 2. The maximum absolute atomic E-state index is 6.37. The molecule has 0 spiro atoms. The molecule has 0 aromatic heterocycles. The molecule has 122 valence electrons. The highest BCUT2D eigenvalue weighted by atomic mass is 16.5. The molecule has 1 fully saturated rings. The first kappa shape index (κ1) is 16.2. The summed E-state index contributed by atoms with van der Waals surface area (Å²) in [6.45, 7) is 6.14. The zero-order valence-corrected chi connectivity index (χ0v) is 14.5. The number of benzene rings is 2. The van der Waals surface area contributed by atoms with Crippen LogP contribution in [0.2, 0.25) is 0 Å². The Hall–Kier alpha value is -1.64. The number of nitrogens with zero attached hydrogens (tertiary/aromatic N) is 1. The van der Waals surface area contributed by atoms with Crippen molar-refractivity contribution < 1.29 is 4.74 Å². The van der Waals surface area contributed by atoms with E-state index in [-0.39, 0.29) is 6.10 Å². The first-order valence-electron chi connectivity index (χ1n) is 8.57. The lowest BCUT2D eigenvalue weighted by atomic mass is 9.93. The van der Waals surface area contributed by atoms with Crippen molar-refractivity contribution in [3.63, 3.8) is 0 Å². The van der Waals surface area contributed by atoms with Crippen LogP contribution in [-0.2, 0) is 11.3 Å².